The van der Waals surface area contributed by atoms with Gasteiger partial charge >= 0.3 is 5.97 Å². The average molecular weight is 349 g/mol. The summed E-state index contributed by atoms with van der Waals surface area (Å²) in [6, 6.07) is 6.97. The number of aryl methyl sites for hydroxylation is 1. The molecule has 1 aromatic carbocycles. The lowest BCUT2D eigenvalue weighted by atomic mass is 9.49. The van der Waals surface area contributed by atoms with Crippen molar-refractivity contribution in [3.05, 3.63) is 34.9 Å². The van der Waals surface area contributed by atoms with Gasteiger partial charge in [0, 0.05) is 5.88 Å². The van der Waals surface area contributed by atoms with E-state index in [1.165, 1.54) is 23.8 Å². The highest BCUT2D eigenvalue weighted by molar-refractivity contribution is 6.19. The number of ether oxygens (including phenoxy) is 1. The number of esters is 1. The van der Waals surface area contributed by atoms with E-state index in [2.05, 4.69) is 39.0 Å². The van der Waals surface area contributed by atoms with E-state index in [0.29, 0.717) is 11.8 Å². The van der Waals surface area contributed by atoms with Crippen LogP contribution in [-0.4, -0.2) is 19.0 Å². The molecule has 0 spiro atoms. The minimum absolute atomic E-state index is 0.0183. The molecule has 1 saturated carbocycles. The fourth-order valence-electron chi connectivity index (χ4n) is 5.35. The van der Waals surface area contributed by atoms with E-state index in [4.69, 9.17) is 16.3 Å². The Morgan fingerprint density at radius 2 is 2.12 bits per heavy atom. The average Bonchev–Trinajstić information content (AvgIpc) is 2.59. The van der Waals surface area contributed by atoms with Crippen LogP contribution < -0.4 is 0 Å². The third kappa shape index (κ3) is 2.49. The van der Waals surface area contributed by atoms with Crippen molar-refractivity contribution in [2.45, 2.75) is 64.2 Å². The highest BCUT2D eigenvalue weighted by atomic mass is 35.5. The molecule has 0 amide bonds. The van der Waals surface area contributed by atoms with E-state index >= 15 is 0 Å². The molecule has 1 fully saturated rings. The van der Waals surface area contributed by atoms with E-state index in [1.54, 1.807) is 0 Å². The van der Waals surface area contributed by atoms with Crippen LogP contribution in [0.4, 0.5) is 0 Å². The van der Waals surface area contributed by atoms with Gasteiger partial charge in [-0.2, -0.15) is 0 Å². The molecule has 0 heterocycles. The fraction of sp³-hybridized carbons (Fsp3) is 0.667. The van der Waals surface area contributed by atoms with Crippen LogP contribution in [0.2, 0.25) is 0 Å². The summed E-state index contributed by atoms with van der Waals surface area (Å²) in [6.07, 6.45) is 5.06. The first-order valence-electron chi connectivity index (χ1n) is 9.16. The first-order valence-corrected chi connectivity index (χ1v) is 9.70. The number of carbonyl (C=O) groups is 1. The Labute approximate surface area is 150 Å². The summed E-state index contributed by atoms with van der Waals surface area (Å²) in [4.78, 5) is 12.7. The molecule has 0 radical (unpaired) electrons. The highest BCUT2D eigenvalue weighted by Gasteiger charge is 2.57. The van der Waals surface area contributed by atoms with Gasteiger partial charge in [-0.1, -0.05) is 45.4 Å². The highest BCUT2D eigenvalue weighted by Crippen LogP contribution is 2.58. The van der Waals surface area contributed by atoms with Crippen molar-refractivity contribution in [2.75, 3.05) is 13.0 Å². The summed E-state index contributed by atoms with van der Waals surface area (Å²) < 4.78 is 5.19. The molecule has 0 saturated heterocycles. The van der Waals surface area contributed by atoms with Gasteiger partial charge in [-0.3, -0.25) is 4.79 Å². The standard InChI is InChI=1S/C21H29ClO2/c1-14(2)15-6-8-17-16(12-15)7-9-18-20(17,3)10-5-11-21(18,13-22)19(23)24-4/h6,8,12,14,18H,5,7,9-11,13H2,1-4H3/t18?,20-,21+/m0/s1. The van der Waals surface area contributed by atoms with Crippen LogP contribution in [0.1, 0.15) is 69.1 Å². The molecule has 3 rings (SSSR count). The molecule has 2 nitrogen and oxygen atoms in total. The number of hydrogen-bond acceptors (Lipinski definition) is 2. The lowest BCUT2D eigenvalue weighted by molar-refractivity contribution is -0.160. The monoisotopic (exact) mass is 348 g/mol. The number of rotatable bonds is 3. The van der Waals surface area contributed by atoms with E-state index in [-0.39, 0.29) is 17.3 Å². The summed E-state index contributed by atoms with van der Waals surface area (Å²) in [7, 11) is 1.49. The number of benzene rings is 1. The Morgan fingerprint density at radius 1 is 1.38 bits per heavy atom. The zero-order chi connectivity index (χ0) is 17.5. The molecular weight excluding hydrogens is 320 g/mol. The normalized spacial score (nSPS) is 32.2. The van der Waals surface area contributed by atoms with Gasteiger partial charge in [0.1, 0.15) is 0 Å². The summed E-state index contributed by atoms with van der Waals surface area (Å²) in [6.45, 7) is 6.82. The lowest BCUT2D eigenvalue weighted by Gasteiger charge is -2.54. The number of methoxy groups -OCH3 is 1. The molecule has 2 aliphatic carbocycles. The maximum atomic E-state index is 12.7. The van der Waals surface area contributed by atoms with Crippen molar-refractivity contribution in [2.24, 2.45) is 11.3 Å². The van der Waals surface area contributed by atoms with E-state index in [1.807, 2.05) is 0 Å². The molecule has 2 aliphatic rings. The first-order chi connectivity index (χ1) is 11.4. The van der Waals surface area contributed by atoms with Crippen LogP contribution in [0.5, 0.6) is 0 Å². The Hall–Kier alpha value is -1.02. The number of halogens is 1. The second kappa shape index (κ2) is 6.37. The topological polar surface area (TPSA) is 26.3 Å². The minimum Gasteiger partial charge on any atom is -0.469 e. The summed E-state index contributed by atoms with van der Waals surface area (Å²) >= 11 is 6.39. The van der Waals surface area contributed by atoms with Crippen LogP contribution in [0, 0.1) is 11.3 Å². The quantitative estimate of drug-likeness (QED) is 0.553. The summed E-state index contributed by atoms with van der Waals surface area (Å²) in [5.41, 5.74) is 3.79. The van der Waals surface area contributed by atoms with Gasteiger partial charge in [0.15, 0.2) is 0 Å². The van der Waals surface area contributed by atoms with Gasteiger partial charge in [-0.15, -0.1) is 11.6 Å². The SMILES string of the molecule is COC(=O)[C@@]1(CCl)CCC[C@@]2(C)c3ccc(C(C)C)cc3CCC12. The first kappa shape index (κ1) is 17.8. The smallest absolute Gasteiger partial charge is 0.313 e. The molecule has 1 aromatic rings. The van der Waals surface area contributed by atoms with Crippen molar-refractivity contribution >= 4 is 17.6 Å². The molecule has 3 atom stereocenters. The van der Waals surface area contributed by atoms with Crippen molar-refractivity contribution < 1.29 is 9.53 Å². The van der Waals surface area contributed by atoms with Gasteiger partial charge in [0.05, 0.1) is 12.5 Å². The van der Waals surface area contributed by atoms with Crippen molar-refractivity contribution in [1.82, 2.24) is 0 Å². The largest absolute Gasteiger partial charge is 0.469 e. The fourth-order valence-corrected chi connectivity index (χ4v) is 5.77. The van der Waals surface area contributed by atoms with Crippen LogP contribution in [0.3, 0.4) is 0 Å². The van der Waals surface area contributed by atoms with E-state index in [0.717, 1.165) is 32.1 Å². The predicted octanol–water partition coefficient (Wildman–Crippen LogP) is 5.21. The second-order valence-corrected chi connectivity index (χ2v) is 8.48. The maximum absolute atomic E-state index is 12.7. The Balaban J connectivity index is 2.08. The number of carbonyl (C=O) groups excluding carboxylic acids is 1. The third-order valence-corrected chi connectivity index (χ3v) is 7.18. The van der Waals surface area contributed by atoms with Gasteiger partial charge in [0.25, 0.3) is 0 Å². The number of alkyl halides is 1. The molecule has 0 N–H and O–H groups in total. The van der Waals surface area contributed by atoms with Crippen LogP contribution >= 0.6 is 11.6 Å². The zero-order valence-corrected chi connectivity index (χ0v) is 16.1. The molecule has 3 heteroatoms. The predicted molar refractivity (Wildman–Crippen MR) is 98.7 cm³/mol. The third-order valence-electron chi connectivity index (χ3n) is 6.70. The van der Waals surface area contributed by atoms with Gasteiger partial charge < -0.3 is 4.74 Å². The van der Waals surface area contributed by atoms with E-state index in [9.17, 15) is 4.79 Å². The van der Waals surface area contributed by atoms with Gasteiger partial charge in [-0.05, 0) is 59.6 Å². The Kier molecular flexibility index (Phi) is 4.72. The number of fused-ring (bicyclic) bond motifs is 3. The van der Waals surface area contributed by atoms with Crippen LogP contribution in [0.25, 0.3) is 0 Å². The van der Waals surface area contributed by atoms with Crippen molar-refractivity contribution in [3.8, 4) is 0 Å². The van der Waals surface area contributed by atoms with Gasteiger partial charge in [-0.25, -0.2) is 0 Å². The van der Waals surface area contributed by atoms with Crippen molar-refractivity contribution in [1.29, 1.82) is 0 Å². The number of hydrogen-bond donors (Lipinski definition) is 0. The molecule has 24 heavy (non-hydrogen) atoms. The molecule has 1 unspecified atom stereocenters. The molecule has 0 aliphatic heterocycles. The van der Waals surface area contributed by atoms with Gasteiger partial charge in [0.2, 0.25) is 0 Å². The lowest BCUT2D eigenvalue weighted by Crippen LogP contribution is -2.55. The van der Waals surface area contributed by atoms with E-state index < -0.39 is 5.41 Å². The molecule has 0 aromatic heterocycles. The Bertz CT molecular complexity index is 639. The van der Waals surface area contributed by atoms with Crippen LogP contribution in [0.15, 0.2) is 18.2 Å². The minimum atomic E-state index is -0.530. The summed E-state index contributed by atoms with van der Waals surface area (Å²) in [5, 5.41) is 0. The molecule has 132 valence electrons. The summed E-state index contributed by atoms with van der Waals surface area (Å²) in [5.74, 6) is 1.06. The van der Waals surface area contributed by atoms with Crippen LogP contribution in [-0.2, 0) is 21.4 Å². The maximum Gasteiger partial charge on any atom is 0.313 e. The second-order valence-electron chi connectivity index (χ2n) is 8.21. The Morgan fingerprint density at radius 3 is 2.75 bits per heavy atom. The molecular formula is C21H29ClO2. The molecule has 0 bridgehead atoms. The zero-order valence-electron chi connectivity index (χ0n) is 15.3. The van der Waals surface area contributed by atoms with Crippen molar-refractivity contribution in [3.63, 3.8) is 0 Å².